The molecule has 460 valence electrons. The Morgan fingerprint density at radius 1 is 0.277 bits per heavy atom. The second-order valence-corrected chi connectivity index (χ2v) is 24.0. The Labute approximate surface area is 532 Å². The van der Waals surface area contributed by atoms with E-state index in [1.165, 1.54) is 36.4 Å². The number of hydrogen-bond acceptors (Lipinski definition) is 1. The molecule has 0 bridgehead atoms. The van der Waals surface area contributed by atoms with E-state index in [4.69, 9.17) is 0 Å². The number of nitriles is 1. The van der Waals surface area contributed by atoms with Crippen molar-refractivity contribution < 1.29 is 39.5 Å². The lowest BCUT2D eigenvalue weighted by molar-refractivity contribution is -0.138. The Kier molecular flexibility index (Phi) is 13.8. The minimum absolute atomic E-state index is 0.0220. The van der Waals surface area contributed by atoms with Crippen molar-refractivity contribution in [2.45, 2.75) is 46.2 Å². The number of nitrogens with zero attached hydrogens (tertiary/aromatic N) is 5. The SMILES string of the molecule is Cc1ccc2c(c1)c1ccccc1n2-c1cc(-c2ccccc2C(F)(F)F)cc(C#N)c1-n1c2ccccc2c2cc(C)ccc21.Cc1ccc2c(c1)c1ccccc1n2-c1cc(-c2ccccc2C(F)(F)F)cc(C(F)(F)F)c1-n1c2ccccc2c2cc(C)ccc21. The number of aromatic nitrogens is 4. The van der Waals surface area contributed by atoms with E-state index in [1.54, 1.807) is 51.6 Å². The number of rotatable bonds is 6. The van der Waals surface area contributed by atoms with Gasteiger partial charge in [-0.1, -0.05) is 156 Å². The fourth-order valence-corrected chi connectivity index (χ4v) is 14.0. The molecular formula is C80H52F9N5. The van der Waals surface area contributed by atoms with Crippen molar-refractivity contribution in [1.82, 2.24) is 18.3 Å². The summed E-state index contributed by atoms with van der Waals surface area (Å²) < 4.78 is 140. The smallest absolute Gasteiger partial charge is 0.307 e. The molecular weight excluding hydrogens is 1200 g/mol. The summed E-state index contributed by atoms with van der Waals surface area (Å²) in [6.45, 7) is 7.95. The van der Waals surface area contributed by atoms with Gasteiger partial charge in [0.2, 0.25) is 0 Å². The topological polar surface area (TPSA) is 43.5 Å². The van der Waals surface area contributed by atoms with Crippen LogP contribution in [0.15, 0.2) is 243 Å². The number of aryl methyl sites for hydroxylation is 4. The van der Waals surface area contributed by atoms with Gasteiger partial charge in [0.25, 0.3) is 0 Å². The van der Waals surface area contributed by atoms with Crippen molar-refractivity contribution >= 4 is 87.2 Å². The zero-order valence-electron chi connectivity index (χ0n) is 50.7. The lowest BCUT2D eigenvalue weighted by Gasteiger charge is -2.24. The van der Waals surface area contributed by atoms with Gasteiger partial charge >= 0.3 is 18.5 Å². The fourth-order valence-electron chi connectivity index (χ4n) is 14.0. The number of hydrogen-bond donors (Lipinski definition) is 0. The fraction of sp³-hybridized carbons (Fsp3) is 0.0875. The molecule has 4 aromatic heterocycles. The second-order valence-electron chi connectivity index (χ2n) is 24.0. The van der Waals surface area contributed by atoms with Crippen LogP contribution in [-0.2, 0) is 18.5 Å². The molecule has 0 saturated carbocycles. The van der Waals surface area contributed by atoms with Gasteiger partial charge in [-0.25, -0.2) is 0 Å². The summed E-state index contributed by atoms with van der Waals surface area (Å²) in [4.78, 5) is 0. The highest BCUT2D eigenvalue weighted by atomic mass is 19.4. The molecule has 0 N–H and O–H groups in total. The van der Waals surface area contributed by atoms with Crippen molar-refractivity contribution in [3.05, 3.63) is 287 Å². The van der Waals surface area contributed by atoms with Gasteiger partial charge in [0.1, 0.15) is 6.07 Å². The summed E-state index contributed by atoms with van der Waals surface area (Å²) in [7, 11) is 0. The summed E-state index contributed by atoms with van der Waals surface area (Å²) in [5, 5.41) is 18.1. The van der Waals surface area contributed by atoms with E-state index in [1.807, 2.05) is 143 Å². The van der Waals surface area contributed by atoms with Crippen molar-refractivity contribution in [3.63, 3.8) is 0 Å². The summed E-state index contributed by atoms with van der Waals surface area (Å²) in [5.74, 6) is 0. The Bertz CT molecular complexity index is 5840. The van der Waals surface area contributed by atoms with Gasteiger partial charge in [-0.3, -0.25) is 0 Å². The van der Waals surface area contributed by atoms with Gasteiger partial charge in [-0.05, 0) is 159 Å². The molecule has 16 aromatic rings. The monoisotopic (exact) mass is 1250 g/mol. The molecule has 0 saturated heterocycles. The number of alkyl halides is 9. The average Bonchev–Trinajstić information content (AvgIpc) is 1.52. The highest BCUT2D eigenvalue weighted by molar-refractivity contribution is 6.14. The molecule has 0 unspecified atom stereocenters. The molecule has 12 aromatic carbocycles. The van der Waals surface area contributed by atoms with Crippen molar-refractivity contribution in [1.29, 1.82) is 5.26 Å². The van der Waals surface area contributed by atoms with E-state index in [0.717, 1.165) is 106 Å². The predicted octanol–water partition coefficient (Wildman–Crippen LogP) is 23.3. The van der Waals surface area contributed by atoms with Crippen molar-refractivity contribution in [3.8, 4) is 51.1 Å². The first-order chi connectivity index (χ1) is 45.2. The van der Waals surface area contributed by atoms with E-state index >= 15 is 13.2 Å². The molecule has 0 radical (unpaired) electrons. The van der Waals surface area contributed by atoms with Crippen LogP contribution < -0.4 is 0 Å². The van der Waals surface area contributed by atoms with Crippen LogP contribution >= 0.6 is 0 Å². The van der Waals surface area contributed by atoms with E-state index in [-0.39, 0.29) is 33.6 Å². The Morgan fingerprint density at radius 3 is 0.926 bits per heavy atom. The van der Waals surface area contributed by atoms with Gasteiger partial charge in [-0.2, -0.15) is 44.8 Å². The normalized spacial score (nSPS) is 12.3. The molecule has 0 aliphatic heterocycles. The maximum absolute atomic E-state index is 15.6. The first-order valence-electron chi connectivity index (χ1n) is 30.3. The van der Waals surface area contributed by atoms with Crippen LogP contribution in [0.2, 0.25) is 0 Å². The van der Waals surface area contributed by atoms with E-state index in [9.17, 15) is 31.6 Å². The van der Waals surface area contributed by atoms with E-state index in [2.05, 4.69) is 45.5 Å². The first kappa shape index (κ1) is 59.0. The largest absolute Gasteiger partial charge is 0.418 e. The average molecular weight is 1250 g/mol. The van der Waals surface area contributed by atoms with Gasteiger partial charge in [0, 0.05) is 43.1 Å². The van der Waals surface area contributed by atoms with Gasteiger partial charge in [0.15, 0.2) is 0 Å². The second kappa shape index (κ2) is 21.9. The Balaban J connectivity index is 0.000000155. The summed E-state index contributed by atoms with van der Waals surface area (Å²) in [6, 6.07) is 72.9. The molecule has 0 amide bonds. The summed E-state index contributed by atoms with van der Waals surface area (Å²) >= 11 is 0. The molecule has 94 heavy (non-hydrogen) atoms. The molecule has 5 nitrogen and oxygen atoms in total. The van der Waals surface area contributed by atoms with Crippen molar-refractivity contribution in [2.24, 2.45) is 0 Å². The number of benzene rings is 12. The number of fused-ring (bicyclic) bond motifs is 12. The highest BCUT2D eigenvalue weighted by Gasteiger charge is 2.40. The summed E-state index contributed by atoms with van der Waals surface area (Å²) in [6.07, 6.45) is -14.3. The molecule has 0 spiro atoms. The maximum atomic E-state index is 15.6. The standard InChI is InChI=1S/C40H26F6N2.C40H26F3N3/c1-23-15-17-35-29(19-23)27-10-4-7-13-33(27)47(35)37-22-25(26-9-3-6-12-31(26)39(41,42)43)21-32(40(44,45)46)38(37)48-34-14-8-5-11-28(34)30-20-24(2)16-18-36(30)48;1-24-15-17-36-31(19-24)29-10-4-7-13-34(29)45(36)38-22-26(28-9-3-6-12-33(28)40(41,42)43)21-27(23-44)39(38)46-35-14-8-5-11-30(35)32-20-25(2)16-18-37(32)46/h3-22H,1-2H3;3-22H,1-2H3. The third kappa shape index (κ3) is 9.63. The third-order valence-electron chi connectivity index (χ3n) is 17.9. The molecule has 0 atom stereocenters. The van der Waals surface area contributed by atoms with E-state index < -0.39 is 35.2 Å². The predicted molar refractivity (Wildman–Crippen MR) is 360 cm³/mol. The molecule has 4 heterocycles. The zero-order valence-corrected chi connectivity index (χ0v) is 50.7. The maximum Gasteiger partial charge on any atom is 0.418 e. The van der Waals surface area contributed by atoms with Crippen LogP contribution in [-0.4, -0.2) is 18.3 Å². The Hall–Kier alpha value is -11.3. The minimum Gasteiger partial charge on any atom is -0.307 e. The van der Waals surface area contributed by atoms with Crippen LogP contribution in [0, 0.1) is 39.0 Å². The van der Waals surface area contributed by atoms with Crippen LogP contribution in [0.3, 0.4) is 0 Å². The van der Waals surface area contributed by atoms with Gasteiger partial charge in [-0.15, -0.1) is 0 Å². The van der Waals surface area contributed by atoms with Crippen LogP contribution in [0.5, 0.6) is 0 Å². The van der Waals surface area contributed by atoms with E-state index in [0.29, 0.717) is 39.0 Å². The lowest BCUT2D eigenvalue weighted by atomic mass is 9.95. The van der Waals surface area contributed by atoms with Crippen LogP contribution in [0.4, 0.5) is 39.5 Å². The third-order valence-corrected chi connectivity index (χ3v) is 17.9. The van der Waals surface area contributed by atoms with Gasteiger partial charge in [0.05, 0.1) is 89.1 Å². The molecule has 0 fully saturated rings. The van der Waals surface area contributed by atoms with Crippen LogP contribution in [0.25, 0.3) is 132 Å². The van der Waals surface area contributed by atoms with Crippen molar-refractivity contribution in [2.75, 3.05) is 0 Å². The highest BCUT2D eigenvalue weighted by Crippen LogP contribution is 2.49. The quantitative estimate of drug-likeness (QED) is 0.153. The minimum atomic E-state index is -4.94. The molecule has 0 aliphatic carbocycles. The lowest BCUT2D eigenvalue weighted by Crippen LogP contribution is -2.15. The zero-order chi connectivity index (χ0) is 65.3. The van der Waals surface area contributed by atoms with Crippen LogP contribution in [0.1, 0.15) is 44.5 Å². The molecule has 0 aliphatic rings. The summed E-state index contributed by atoms with van der Waals surface area (Å²) in [5.41, 5.74) is 8.50. The molecule has 14 heteroatoms. The number of halogens is 9. The number of para-hydroxylation sites is 4. The van der Waals surface area contributed by atoms with Gasteiger partial charge < -0.3 is 18.3 Å². The first-order valence-corrected chi connectivity index (χ1v) is 30.3. The Morgan fingerprint density at radius 2 is 0.564 bits per heavy atom. The molecule has 16 rings (SSSR count).